The molecule has 33 heavy (non-hydrogen) atoms. The van der Waals surface area contributed by atoms with Crippen LogP contribution in [-0.4, -0.2) is 34.6 Å². The molecule has 0 aliphatic heterocycles. The molecule has 1 atom stereocenters. The van der Waals surface area contributed by atoms with Crippen LogP contribution in [-0.2, 0) is 21.9 Å². The minimum atomic E-state index is -0.575. The van der Waals surface area contributed by atoms with E-state index in [1.54, 1.807) is 35.7 Å². The number of nitrogens with one attached hydrogen (secondary N) is 1. The second kappa shape index (κ2) is 12.7. The molecule has 178 valence electrons. The second-order valence-electron chi connectivity index (χ2n) is 8.77. The van der Waals surface area contributed by atoms with Crippen LogP contribution >= 0.6 is 35.0 Å². The molecule has 1 fully saturated rings. The first-order chi connectivity index (χ1) is 15.8. The number of thioether (sulfide) groups is 1. The smallest absolute Gasteiger partial charge is 0.242 e. The molecule has 0 heterocycles. The first kappa shape index (κ1) is 25.9. The third kappa shape index (κ3) is 7.94. The van der Waals surface area contributed by atoms with Crippen molar-refractivity contribution >= 4 is 46.8 Å². The van der Waals surface area contributed by atoms with E-state index in [0.29, 0.717) is 22.3 Å². The molecule has 2 aromatic rings. The van der Waals surface area contributed by atoms with Gasteiger partial charge in [-0.2, -0.15) is 0 Å². The fraction of sp³-hybridized carbons (Fsp3) is 0.462. The van der Waals surface area contributed by atoms with Crippen LogP contribution in [0.2, 0.25) is 10.0 Å². The van der Waals surface area contributed by atoms with Gasteiger partial charge in [-0.25, -0.2) is 0 Å². The highest BCUT2D eigenvalue weighted by Crippen LogP contribution is 2.24. The minimum absolute atomic E-state index is 0.0653. The van der Waals surface area contributed by atoms with Gasteiger partial charge >= 0.3 is 0 Å². The maximum Gasteiger partial charge on any atom is 0.242 e. The Hall–Kier alpha value is -1.69. The second-order valence-corrected chi connectivity index (χ2v) is 10.6. The normalized spacial score (nSPS) is 15.2. The SMILES string of the molecule is Cc1ccc(CSCC(=O)N(Cc2ccc(Cl)c(Cl)c2)[C@@H](C)C(=O)NC2CCCCC2)cc1. The maximum atomic E-state index is 13.2. The number of nitrogens with zero attached hydrogens (tertiary/aromatic N) is 1. The van der Waals surface area contributed by atoms with Gasteiger partial charge in [-0.3, -0.25) is 9.59 Å². The highest BCUT2D eigenvalue weighted by molar-refractivity contribution is 7.99. The fourth-order valence-corrected chi connectivity index (χ4v) is 5.20. The van der Waals surface area contributed by atoms with E-state index in [0.717, 1.165) is 37.0 Å². The third-order valence-electron chi connectivity index (χ3n) is 6.07. The van der Waals surface area contributed by atoms with Crippen LogP contribution in [0.1, 0.15) is 55.7 Å². The van der Waals surface area contributed by atoms with Crippen molar-refractivity contribution in [2.24, 2.45) is 0 Å². The van der Waals surface area contributed by atoms with E-state index < -0.39 is 6.04 Å². The molecule has 7 heteroatoms. The third-order valence-corrected chi connectivity index (χ3v) is 7.80. The predicted octanol–water partition coefficient (Wildman–Crippen LogP) is 6.40. The summed E-state index contributed by atoms with van der Waals surface area (Å²) in [6.45, 7) is 4.17. The lowest BCUT2D eigenvalue weighted by atomic mass is 9.95. The Kier molecular flexibility index (Phi) is 9.96. The quantitative estimate of drug-likeness (QED) is 0.427. The highest BCUT2D eigenvalue weighted by Gasteiger charge is 2.28. The van der Waals surface area contributed by atoms with Crippen LogP contribution in [0, 0.1) is 6.92 Å². The first-order valence-corrected chi connectivity index (χ1v) is 13.4. The number of hydrogen-bond donors (Lipinski definition) is 1. The number of benzene rings is 2. The zero-order chi connectivity index (χ0) is 23.8. The van der Waals surface area contributed by atoms with Crippen LogP contribution in [0.4, 0.5) is 0 Å². The average Bonchev–Trinajstić information content (AvgIpc) is 2.81. The molecule has 0 saturated heterocycles. The number of carbonyl (C=O) groups excluding carboxylic acids is 2. The fourth-order valence-electron chi connectivity index (χ4n) is 4.01. The van der Waals surface area contributed by atoms with E-state index in [-0.39, 0.29) is 17.9 Å². The summed E-state index contributed by atoms with van der Waals surface area (Å²) in [5.74, 6) is 0.884. The molecule has 0 spiro atoms. The topological polar surface area (TPSA) is 49.4 Å². The molecule has 1 aliphatic carbocycles. The maximum absolute atomic E-state index is 13.2. The van der Waals surface area contributed by atoms with Crippen molar-refractivity contribution in [3.8, 4) is 0 Å². The van der Waals surface area contributed by atoms with Crippen molar-refractivity contribution < 1.29 is 9.59 Å². The average molecular weight is 508 g/mol. The minimum Gasteiger partial charge on any atom is -0.352 e. The van der Waals surface area contributed by atoms with Crippen molar-refractivity contribution in [3.05, 3.63) is 69.2 Å². The van der Waals surface area contributed by atoms with Crippen molar-refractivity contribution in [3.63, 3.8) is 0 Å². The van der Waals surface area contributed by atoms with Crippen LogP contribution in [0.25, 0.3) is 0 Å². The number of hydrogen-bond acceptors (Lipinski definition) is 3. The summed E-state index contributed by atoms with van der Waals surface area (Å²) in [7, 11) is 0. The molecule has 1 N–H and O–H groups in total. The van der Waals surface area contributed by atoms with E-state index >= 15 is 0 Å². The van der Waals surface area contributed by atoms with Crippen LogP contribution in [0.15, 0.2) is 42.5 Å². The van der Waals surface area contributed by atoms with Gasteiger partial charge in [-0.15, -0.1) is 11.8 Å². The van der Waals surface area contributed by atoms with Crippen molar-refractivity contribution in [2.75, 3.05) is 5.75 Å². The summed E-state index contributed by atoms with van der Waals surface area (Å²) in [5.41, 5.74) is 3.24. The zero-order valence-electron chi connectivity index (χ0n) is 19.3. The molecule has 2 amide bonds. The van der Waals surface area contributed by atoms with Gasteiger partial charge in [0.05, 0.1) is 15.8 Å². The Morgan fingerprint density at radius 2 is 1.70 bits per heavy atom. The van der Waals surface area contributed by atoms with Gasteiger partial charge < -0.3 is 10.2 Å². The Bertz CT molecular complexity index is 946. The molecule has 3 rings (SSSR count). The van der Waals surface area contributed by atoms with Gasteiger partial charge in [0.25, 0.3) is 0 Å². The molecule has 1 aliphatic rings. The predicted molar refractivity (Wildman–Crippen MR) is 139 cm³/mol. The summed E-state index contributed by atoms with van der Waals surface area (Å²) in [6, 6.07) is 13.3. The summed E-state index contributed by atoms with van der Waals surface area (Å²) in [6.07, 6.45) is 5.51. The van der Waals surface area contributed by atoms with Crippen LogP contribution < -0.4 is 5.32 Å². The monoisotopic (exact) mass is 506 g/mol. The number of amides is 2. The van der Waals surface area contributed by atoms with Gasteiger partial charge in [0.2, 0.25) is 11.8 Å². The van der Waals surface area contributed by atoms with E-state index in [9.17, 15) is 9.59 Å². The van der Waals surface area contributed by atoms with Crippen molar-refractivity contribution in [2.45, 2.75) is 70.3 Å². The van der Waals surface area contributed by atoms with Crippen molar-refractivity contribution in [1.29, 1.82) is 0 Å². The van der Waals surface area contributed by atoms with E-state index in [1.807, 2.05) is 6.07 Å². The molecule has 0 radical (unpaired) electrons. The number of carbonyl (C=O) groups is 2. The molecule has 1 saturated carbocycles. The number of aryl methyl sites for hydroxylation is 1. The largest absolute Gasteiger partial charge is 0.352 e. The Morgan fingerprint density at radius 3 is 2.36 bits per heavy atom. The lowest BCUT2D eigenvalue weighted by Crippen LogP contribution is -2.50. The summed E-state index contributed by atoms with van der Waals surface area (Å²) < 4.78 is 0. The lowest BCUT2D eigenvalue weighted by molar-refractivity contribution is -0.139. The Morgan fingerprint density at radius 1 is 1.03 bits per heavy atom. The molecule has 2 aromatic carbocycles. The molecule has 0 unspecified atom stereocenters. The Balaban J connectivity index is 1.67. The van der Waals surface area contributed by atoms with Gasteiger partial charge in [-0.05, 0) is 49.9 Å². The van der Waals surface area contributed by atoms with Gasteiger partial charge in [0.15, 0.2) is 0 Å². The highest BCUT2D eigenvalue weighted by atomic mass is 35.5. The van der Waals surface area contributed by atoms with E-state index in [1.165, 1.54) is 17.5 Å². The molecule has 0 aromatic heterocycles. The van der Waals surface area contributed by atoms with E-state index in [2.05, 4.69) is 36.5 Å². The van der Waals surface area contributed by atoms with Crippen LogP contribution in [0.3, 0.4) is 0 Å². The lowest BCUT2D eigenvalue weighted by Gasteiger charge is -2.31. The van der Waals surface area contributed by atoms with E-state index in [4.69, 9.17) is 23.2 Å². The van der Waals surface area contributed by atoms with Gasteiger partial charge in [-0.1, -0.05) is 78.4 Å². The molecule has 0 bridgehead atoms. The molecular formula is C26H32Cl2N2O2S. The van der Waals surface area contributed by atoms with Gasteiger partial charge in [0, 0.05) is 18.3 Å². The molecule has 4 nitrogen and oxygen atoms in total. The van der Waals surface area contributed by atoms with Crippen LogP contribution in [0.5, 0.6) is 0 Å². The molecular weight excluding hydrogens is 475 g/mol. The first-order valence-electron chi connectivity index (χ1n) is 11.5. The Labute approximate surface area is 211 Å². The number of rotatable bonds is 9. The van der Waals surface area contributed by atoms with Gasteiger partial charge in [0.1, 0.15) is 6.04 Å². The standard InChI is InChI=1S/C26H32Cl2N2O2S/c1-18-8-10-20(11-9-18)16-33-17-25(31)30(15-21-12-13-23(27)24(28)14-21)19(2)26(32)29-22-6-4-3-5-7-22/h8-14,19,22H,3-7,15-17H2,1-2H3,(H,29,32)/t19-/m0/s1. The zero-order valence-corrected chi connectivity index (χ0v) is 21.6. The number of halogens is 2. The van der Waals surface area contributed by atoms with Crippen molar-refractivity contribution in [1.82, 2.24) is 10.2 Å². The summed E-state index contributed by atoms with van der Waals surface area (Å²) in [4.78, 5) is 27.9. The summed E-state index contributed by atoms with van der Waals surface area (Å²) >= 11 is 13.8. The summed E-state index contributed by atoms with van der Waals surface area (Å²) in [5, 5.41) is 4.07.